The Labute approximate surface area is 107 Å². The fourth-order valence-corrected chi connectivity index (χ4v) is 3.86. The van der Waals surface area contributed by atoms with Gasteiger partial charge in [0.15, 0.2) is 0 Å². The summed E-state index contributed by atoms with van der Waals surface area (Å²) in [5, 5.41) is 8.94. The van der Waals surface area contributed by atoms with E-state index in [0.29, 0.717) is 25.4 Å². The van der Waals surface area contributed by atoms with Gasteiger partial charge in [0.2, 0.25) is 5.91 Å². The van der Waals surface area contributed by atoms with E-state index in [0.717, 1.165) is 0 Å². The summed E-state index contributed by atoms with van der Waals surface area (Å²) in [6.07, 6.45) is 6.94. The summed E-state index contributed by atoms with van der Waals surface area (Å²) in [6.45, 7) is 1.38. The van der Waals surface area contributed by atoms with E-state index < -0.39 is 5.97 Å². The first-order valence-corrected chi connectivity index (χ1v) is 7.17. The lowest BCUT2D eigenvalue weighted by atomic mass is 9.86. The highest BCUT2D eigenvalue weighted by Gasteiger charge is 2.60. The molecule has 4 nitrogen and oxygen atoms in total. The molecule has 3 rings (SSSR count). The molecule has 0 aromatic heterocycles. The molecular weight excluding hydrogens is 230 g/mol. The SMILES string of the molecule is O=C(O)C1[C@H]2CN(C(=O)CC3CCCCC3)C[C@@H]12. The molecule has 4 heteroatoms. The van der Waals surface area contributed by atoms with Crippen LogP contribution in [0.2, 0.25) is 0 Å². The van der Waals surface area contributed by atoms with Crippen LogP contribution in [0, 0.1) is 23.7 Å². The van der Waals surface area contributed by atoms with Crippen molar-refractivity contribution in [2.24, 2.45) is 23.7 Å². The molecule has 0 aromatic rings. The fourth-order valence-electron chi connectivity index (χ4n) is 3.86. The van der Waals surface area contributed by atoms with Crippen molar-refractivity contribution in [2.45, 2.75) is 38.5 Å². The Morgan fingerprint density at radius 2 is 1.67 bits per heavy atom. The zero-order valence-electron chi connectivity index (χ0n) is 10.7. The number of carboxylic acids is 1. The molecule has 0 spiro atoms. The van der Waals surface area contributed by atoms with Gasteiger partial charge in [-0.25, -0.2) is 0 Å². The van der Waals surface area contributed by atoms with E-state index in [1.165, 1.54) is 32.1 Å². The third kappa shape index (κ3) is 2.13. The normalized spacial score (nSPS) is 35.3. The van der Waals surface area contributed by atoms with Crippen molar-refractivity contribution in [1.82, 2.24) is 4.90 Å². The van der Waals surface area contributed by atoms with E-state index >= 15 is 0 Å². The van der Waals surface area contributed by atoms with E-state index in [9.17, 15) is 9.59 Å². The highest BCUT2D eigenvalue weighted by molar-refractivity contribution is 5.79. The zero-order chi connectivity index (χ0) is 12.7. The maximum atomic E-state index is 12.1. The average Bonchev–Trinajstić information content (AvgIpc) is 2.87. The van der Waals surface area contributed by atoms with Crippen LogP contribution in [-0.4, -0.2) is 35.0 Å². The number of hydrogen-bond acceptors (Lipinski definition) is 2. The smallest absolute Gasteiger partial charge is 0.307 e. The van der Waals surface area contributed by atoms with Gasteiger partial charge in [-0.3, -0.25) is 9.59 Å². The second kappa shape index (κ2) is 4.56. The van der Waals surface area contributed by atoms with E-state index in [2.05, 4.69) is 0 Å². The number of piperidine rings is 1. The largest absolute Gasteiger partial charge is 0.481 e. The minimum absolute atomic E-state index is 0.163. The molecule has 0 radical (unpaired) electrons. The first-order chi connectivity index (χ1) is 8.66. The van der Waals surface area contributed by atoms with Crippen LogP contribution in [-0.2, 0) is 9.59 Å². The van der Waals surface area contributed by atoms with Crippen LogP contribution < -0.4 is 0 Å². The number of hydrogen-bond donors (Lipinski definition) is 1. The number of likely N-dealkylation sites (tertiary alicyclic amines) is 1. The number of carboxylic acid groups (broad SMARTS) is 1. The van der Waals surface area contributed by atoms with Crippen LogP contribution in [0.4, 0.5) is 0 Å². The van der Waals surface area contributed by atoms with Gasteiger partial charge >= 0.3 is 5.97 Å². The predicted molar refractivity (Wildman–Crippen MR) is 65.9 cm³/mol. The summed E-state index contributed by atoms with van der Waals surface area (Å²) in [5.74, 6) is 0.500. The molecule has 2 aliphatic carbocycles. The second-order valence-corrected chi connectivity index (χ2v) is 6.20. The molecule has 100 valence electrons. The summed E-state index contributed by atoms with van der Waals surface area (Å²) in [6, 6.07) is 0. The summed E-state index contributed by atoms with van der Waals surface area (Å²) in [7, 11) is 0. The van der Waals surface area contributed by atoms with Crippen molar-refractivity contribution in [3.8, 4) is 0 Å². The number of amides is 1. The molecule has 3 fully saturated rings. The van der Waals surface area contributed by atoms with Crippen molar-refractivity contribution in [3.63, 3.8) is 0 Å². The molecule has 1 aliphatic heterocycles. The lowest BCUT2D eigenvalue weighted by molar-refractivity contribution is -0.141. The number of rotatable bonds is 3. The van der Waals surface area contributed by atoms with Crippen molar-refractivity contribution in [1.29, 1.82) is 0 Å². The van der Waals surface area contributed by atoms with E-state index in [1.807, 2.05) is 4.90 Å². The van der Waals surface area contributed by atoms with Crippen LogP contribution in [0.15, 0.2) is 0 Å². The molecule has 0 aromatic carbocycles. The maximum absolute atomic E-state index is 12.1. The topological polar surface area (TPSA) is 57.6 Å². The Balaban J connectivity index is 1.46. The van der Waals surface area contributed by atoms with Gasteiger partial charge in [0.1, 0.15) is 0 Å². The van der Waals surface area contributed by atoms with Crippen LogP contribution in [0.1, 0.15) is 38.5 Å². The average molecular weight is 251 g/mol. The monoisotopic (exact) mass is 251 g/mol. The van der Waals surface area contributed by atoms with Gasteiger partial charge in [-0.15, -0.1) is 0 Å². The molecule has 1 amide bonds. The Morgan fingerprint density at radius 3 is 2.22 bits per heavy atom. The number of carbonyl (C=O) groups is 2. The van der Waals surface area contributed by atoms with E-state index in [-0.39, 0.29) is 23.7 Å². The quantitative estimate of drug-likeness (QED) is 0.831. The highest BCUT2D eigenvalue weighted by Crippen LogP contribution is 2.51. The van der Waals surface area contributed by atoms with Crippen molar-refractivity contribution < 1.29 is 14.7 Å². The third-order valence-electron chi connectivity index (χ3n) is 5.02. The Kier molecular flexibility index (Phi) is 3.04. The first kappa shape index (κ1) is 12.0. The van der Waals surface area contributed by atoms with E-state index in [4.69, 9.17) is 5.11 Å². The number of aliphatic carboxylic acids is 1. The van der Waals surface area contributed by atoms with Crippen molar-refractivity contribution in [2.75, 3.05) is 13.1 Å². The van der Waals surface area contributed by atoms with Crippen molar-refractivity contribution >= 4 is 11.9 Å². The van der Waals surface area contributed by atoms with Gasteiger partial charge in [0, 0.05) is 19.5 Å². The van der Waals surface area contributed by atoms with Gasteiger partial charge in [0.05, 0.1) is 5.92 Å². The molecule has 1 N–H and O–H groups in total. The van der Waals surface area contributed by atoms with E-state index in [1.54, 1.807) is 0 Å². The molecule has 1 saturated heterocycles. The fraction of sp³-hybridized carbons (Fsp3) is 0.857. The molecule has 1 heterocycles. The second-order valence-electron chi connectivity index (χ2n) is 6.20. The van der Waals surface area contributed by atoms with Crippen LogP contribution in [0.25, 0.3) is 0 Å². The molecule has 18 heavy (non-hydrogen) atoms. The molecule has 1 unspecified atom stereocenters. The molecule has 3 aliphatic rings. The Hall–Kier alpha value is -1.06. The van der Waals surface area contributed by atoms with Gasteiger partial charge in [-0.2, -0.15) is 0 Å². The lowest BCUT2D eigenvalue weighted by Gasteiger charge is -2.25. The number of fused-ring (bicyclic) bond motifs is 1. The summed E-state index contributed by atoms with van der Waals surface area (Å²) in [4.78, 5) is 24.9. The van der Waals surface area contributed by atoms with Crippen LogP contribution >= 0.6 is 0 Å². The maximum Gasteiger partial charge on any atom is 0.307 e. The summed E-state index contributed by atoms with van der Waals surface area (Å²) >= 11 is 0. The van der Waals surface area contributed by atoms with Crippen LogP contribution in [0.3, 0.4) is 0 Å². The minimum Gasteiger partial charge on any atom is -0.481 e. The summed E-state index contributed by atoms with van der Waals surface area (Å²) in [5.41, 5.74) is 0. The zero-order valence-corrected chi connectivity index (χ0v) is 10.7. The molecule has 3 atom stereocenters. The molecular formula is C14H21NO3. The Morgan fingerprint density at radius 1 is 1.06 bits per heavy atom. The predicted octanol–water partition coefficient (Wildman–Crippen LogP) is 1.75. The first-order valence-electron chi connectivity index (χ1n) is 7.17. The standard InChI is InChI=1S/C14H21NO3/c16-12(6-9-4-2-1-3-5-9)15-7-10-11(8-15)13(10)14(17)18/h9-11,13H,1-8H2,(H,17,18)/t10-,11+,13?. The van der Waals surface area contributed by atoms with Crippen LogP contribution in [0.5, 0.6) is 0 Å². The summed E-state index contributed by atoms with van der Waals surface area (Å²) < 4.78 is 0. The number of carbonyl (C=O) groups excluding carboxylic acids is 1. The molecule has 2 saturated carbocycles. The van der Waals surface area contributed by atoms with Gasteiger partial charge < -0.3 is 10.0 Å². The molecule has 0 bridgehead atoms. The third-order valence-corrected chi connectivity index (χ3v) is 5.02. The minimum atomic E-state index is -0.677. The Bertz CT molecular complexity index is 350. The lowest BCUT2D eigenvalue weighted by Crippen LogP contribution is -2.34. The number of nitrogens with zero attached hydrogens (tertiary/aromatic N) is 1. The van der Waals surface area contributed by atoms with Gasteiger partial charge in [-0.1, -0.05) is 19.3 Å². The highest BCUT2D eigenvalue weighted by atomic mass is 16.4. The van der Waals surface area contributed by atoms with Gasteiger partial charge in [0.25, 0.3) is 0 Å². The van der Waals surface area contributed by atoms with Gasteiger partial charge in [-0.05, 0) is 30.6 Å². The van der Waals surface area contributed by atoms with Crippen molar-refractivity contribution in [3.05, 3.63) is 0 Å².